The van der Waals surface area contributed by atoms with Gasteiger partial charge in [-0.1, -0.05) is 0 Å². The lowest BCUT2D eigenvalue weighted by Gasteiger charge is -2.01. The van der Waals surface area contributed by atoms with Gasteiger partial charge in [0.25, 0.3) is 0 Å². The van der Waals surface area contributed by atoms with Crippen molar-refractivity contribution in [2.75, 3.05) is 0 Å². The van der Waals surface area contributed by atoms with Gasteiger partial charge in [-0.05, 0) is 30.3 Å². The van der Waals surface area contributed by atoms with Crippen molar-refractivity contribution >= 4 is 12.0 Å². The monoisotopic (exact) mass is 309 g/mol. The molecule has 0 fully saturated rings. The van der Waals surface area contributed by atoms with E-state index in [0.29, 0.717) is 23.4 Å². The van der Waals surface area contributed by atoms with Crippen LogP contribution in [0.25, 0.3) is 17.3 Å². The van der Waals surface area contributed by atoms with Gasteiger partial charge in [-0.3, -0.25) is 4.68 Å². The number of hydrogen-bond donors (Lipinski definition) is 0. The number of carbonyl (C=O) groups is 1. The Morgan fingerprint density at radius 3 is 2.61 bits per heavy atom. The van der Waals surface area contributed by atoms with Gasteiger partial charge in [0.15, 0.2) is 0 Å². The van der Waals surface area contributed by atoms with Crippen molar-refractivity contribution in [3.8, 4) is 23.4 Å². The SMILES string of the molecule is N#CCCn1cc(/C=C(\C#N)C(=O)[O-])c(-c2ccc(F)cc2)n1. The molecule has 1 aromatic carbocycles. The van der Waals surface area contributed by atoms with E-state index in [1.54, 1.807) is 0 Å². The van der Waals surface area contributed by atoms with Gasteiger partial charge >= 0.3 is 0 Å². The van der Waals surface area contributed by atoms with E-state index in [9.17, 15) is 14.3 Å². The van der Waals surface area contributed by atoms with Gasteiger partial charge in [-0.15, -0.1) is 0 Å². The highest BCUT2D eigenvalue weighted by Gasteiger charge is 2.11. The molecule has 0 spiro atoms. The molecule has 0 saturated carbocycles. The van der Waals surface area contributed by atoms with Crippen LogP contribution < -0.4 is 5.11 Å². The van der Waals surface area contributed by atoms with E-state index in [0.717, 1.165) is 6.08 Å². The first-order chi connectivity index (χ1) is 11.0. The molecule has 1 aromatic heterocycles. The molecule has 2 rings (SSSR count). The second-order valence-corrected chi connectivity index (χ2v) is 4.57. The third-order valence-electron chi connectivity index (χ3n) is 3.00. The summed E-state index contributed by atoms with van der Waals surface area (Å²) >= 11 is 0. The molecule has 0 saturated heterocycles. The van der Waals surface area contributed by atoms with E-state index in [4.69, 9.17) is 10.5 Å². The second-order valence-electron chi connectivity index (χ2n) is 4.57. The summed E-state index contributed by atoms with van der Waals surface area (Å²) in [4.78, 5) is 10.9. The van der Waals surface area contributed by atoms with Crippen LogP contribution >= 0.6 is 0 Å². The molecule has 6 nitrogen and oxygen atoms in total. The highest BCUT2D eigenvalue weighted by molar-refractivity contribution is 5.96. The number of aromatic nitrogens is 2. The molecule has 0 aliphatic rings. The minimum Gasteiger partial charge on any atom is -0.544 e. The topological polar surface area (TPSA) is 106 Å². The number of carboxylic acids is 1. The Kier molecular flexibility index (Phi) is 4.85. The van der Waals surface area contributed by atoms with E-state index < -0.39 is 17.4 Å². The molecular formula is C16H10FN4O2-. The molecule has 23 heavy (non-hydrogen) atoms. The molecule has 0 aliphatic heterocycles. The quantitative estimate of drug-likeness (QED) is 0.610. The van der Waals surface area contributed by atoms with E-state index >= 15 is 0 Å². The highest BCUT2D eigenvalue weighted by atomic mass is 19.1. The first kappa shape index (κ1) is 15.9. The standard InChI is InChI=1S/C16H11FN4O2/c17-14-4-2-11(3-5-14)15-13(8-12(9-19)16(22)23)10-21(20-15)7-1-6-18/h2-5,8,10H,1,7H2,(H,22,23)/p-1/b12-8+. The zero-order valence-electron chi connectivity index (χ0n) is 11.9. The molecule has 0 N–H and O–H groups in total. The predicted octanol–water partition coefficient (Wildman–Crippen LogP) is 1.26. The van der Waals surface area contributed by atoms with Crippen LogP contribution in [0.2, 0.25) is 0 Å². The first-order valence-corrected chi connectivity index (χ1v) is 6.58. The summed E-state index contributed by atoms with van der Waals surface area (Å²) in [7, 11) is 0. The number of carboxylic acid groups (broad SMARTS) is 1. The Morgan fingerprint density at radius 2 is 2.04 bits per heavy atom. The van der Waals surface area contributed by atoms with Gasteiger partial charge in [0.1, 0.15) is 11.9 Å². The largest absolute Gasteiger partial charge is 0.544 e. The Bertz CT molecular complexity index is 838. The fraction of sp³-hybridized carbons (Fsp3) is 0.125. The lowest BCUT2D eigenvalue weighted by Crippen LogP contribution is -2.23. The van der Waals surface area contributed by atoms with Crippen molar-refractivity contribution in [3.63, 3.8) is 0 Å². The van der Waals surface area contributed by atoms with E-state index in [2.05, 4.69) is 5.10 Å². The number of aliphatic carboxylic acids is 1. The number of aryl methyl sites for hydroxylation is 1. The first-order valence-electron chi connectivity index (χ1n) is 6.58. The normalized spacial score (nSPS) is 10.8. The fourth-order valence-electron chi connectivity index (χ4n) is 1.95. The maximum Gasteiger partial charge on any atom is 0.123 e. The Morgan fingerprint density at radius 1 is 1.35 bits per heavy atom. The van der Waals surface area contributed by atoms with Crippen molar-refractivity contribution in [2.45, 2.75) is 13.0 Å². The second kappa shape index (κ2) is 7.01. The lowest BCUT2D eigenvalue weighted by atomic mass is 10.1. The zero-order valence-corrected chi connectivity index (χ0v) is 11.9. The van der Waals surface area contributed by atoms with Crippen LogP contribution in [0.3, 0.4) is 0 Å². The van der Waals surface area contributed by atoms with E-state index in [1.165, 1.54) is 41.2 Å². The predicted molar refractivity (Wildman–Crippen MR) is 76.4 cm³/mol. The van der Waals surface area contributed by atoms with Crippen LogP contribution in [-0.4, -0.2) is 15.7 Å². The molecule has 2 aromatic rings. The number of hydrogen-bond acceptors (Lipinski definition) is 5. The van der Waals surface area contributed by atoms with E-state index in [-0.39, 0.29) is 6.42 Å². The van der Waals surface area contributed by atoms with Crippen LogP contribution in [0.4, 0.5) is 4.39 Å². The number of nitriles is 2. The summed E-state index contributed by atoms with van der Waals surface area (Å²) in [6, 6.07) is 9.01. The van der Waals surface area contributed by atoms with Gasteiger partial charge in [0.2, 0.25) is 0 Å². The molecule has 114 valence electrons. The van der Waals surface area contributed by atoms with Crippen LogP contribution in [0.5, 0.6) is 0 Å². The third-order valence-corrected chi connectivity index (χ3v) is 3.00. The number of benzene rings is 1. The zero-order chi connectivity index (χ0) is 16.8. The molecule has 0 radical (unpaired) electrons. The maximum atomic E-state index is 13.0. The smallest absolute Gasteiger partial charge is 0.123 e. The van der Waals surface area contributed by atoms with Crippen LogP contribution in [0.15, 0.2) is 36.0 Å². The molecule has 0 aliphatic carbocycles. The molecule has 0 amide bonds. The summed E-state index contributed by atoms with van der Waals surface area (Å²) in [5.41, 5.74) is 0.768. The van der Waals surface area contributed by atoms with Gasteiger partial charge in [-0.2, -0.15) is 15.6 Å². The average Bonchev–Trinajstić information content (AvgIpc) is 2.94. The molecular weight excluding hydrogens is 299 g/mol. The highest BCUT2D eigenvalue weighted by Crippen LogP contribution is 2.24. The van der Waals surface area contributed by atoms with Crippen molar-refractivity contribution in [1.82, 2.24) is 9.78 Å². The van der Waals surface area contributed by atoms with Gasteiger partial charge in [-0.25, -0.2) is 4.39 Å². The summed E-state index contributed by atoms with van der Waals surface area (Å²) in [6.45, 7) is 0.311. The maximum absolute atomic E-state index is 13.0. The number of rotatable bonds is 5. The summed E-state index contributed by atoms with van der Waals surface area (Å²) in [5.74, 6) is -2.01. The van der Waals surface area contributed by atoms with Crippen molar-refractivity contribution < 1.29 is 14.3 Å². The van der Waals surface area contributed by atoms with Crippen LogP contribution in [0.1, 0.15) is 12.0 Å². The number of nitrogens with zero attached hydrogens (tertiary/aromatic N) is 4. The summed E-state index contributed by atoms with van der Waals surface area (Å²) < 4.78 is 14.5. The lowest BCUT2D eigenvalue weighted by molar-refractivity contribution is -0.298. The molecule has 1 heterocycles. The number of halogens is 1. The van der Waals surface area contributed by atoms with Crippen molar-refractivity contribution in [3.05, 3.63) is 47.4 Å². The molecule has 0 bridgehead atoms. The Balaban J connectivity index is 2.53. The average molecular weight is 309 g/mol. The van der Waals surface area contributed by atoms with E-state index in [1.807, 2.05) is 6.07 Å². The van der Waals surface area contributed by atoms with Crippen molar-refractivity contribution in [2.24, 2.45) is 0 Å². The number of carbonyl (C=O) groups excluding carboxylic acids is 1. The summed E-state index contributed by atoms with van der Waals surface area (Å²) in [5, 5.41) is 32.6. The van der Waals surface area contributed by atoms with Gasteiger partial charge < -0.3 is 9.90 Å². The minimum atomic E-state index is -1.60. The molecule has 0 unspecified atom stereocenters. The Labute approximate surface area is 131 Å². The van der Waals surface area contributed by atoms with Crippen LogP contribution in [0, 0.1) is 28.5 Å². The van der Waals surface area contributed by atoms with Crippen LogP contribution in [-0.2, 0) is 11.3 Å². The Hall–Kier alpha value is -3.45. The van der Waals surface area contributed by atoms with Gasteiger partial charge in [0, 0.05) is 17.3 Å². The fourth-order valence-corrected chi connectivity index (χ4v) is 1.95. The van der Waals surface area contributed by atoms with Crippen molar-refractivity contribution in [1.29, 1.82) is 10.5 Å². The third kappa shape index (κ3) is 3.80. The molecule has 7 heteroatoms. The molecule has 0 atom stereocenters. The van der Waals surface area contributed by atoms with Gasteiger partial charge in [0.05, 0.1) is 36.3 Å². The minimum absolute atomic E-state index is 0.222. The summed E-state index contributed by atoms with van der Waals surface area (Å²) in [6.07, 6.45) is 2.89.